The van der Waals surface area contributed by atoms with Gasteiger partial charge in [-0.1, -0.05) is 5.16 Å². The number of rotatable bonds is 3. The van der Waals surface area contributed by atoms with Crippen molar-refractivity contribution in [3.05, 3.63) is 27.9 Å². The minimum atomic E-state index is 0.238. The molecule has 4 nitrogen and oxygen atoms in total. The Morgan fingerprint density at radius 3 is 2.35 bits per heavy atom. The Kier molecular flexibility index (Phi) is 3.59. The van der Waals surface area contributed by atoms with Gasteiger partial charge in [-0.25, -0.2) is 0 Å². The maximum Gasteiger partial charge on any atom is 0.226 e. The lowest BCUT2D eigenvalue weighted by Gasteiger charge is -2.10. The molecule has 2 aromatic rings. The lowest BCUT2D eigenvalue weighted by atomic mass is 10.1. The lowest BCUT2D eigenvalue weighted by Crippen LogP contribution is -1.92. The van der Waals surface area contributed by atoms with Gasteiger partial charge in [-0.15, -0.1) is 0 Å². The third-order valence-corrected chi connectivity index (χ3v) is 3.06. The second kappa shape index (κ2) is 4.98. The predicted octanol–water partition coefficient (Wildman–Crippen LogP) is 3.77. The molecule has 0 aliphatic heterocycles. The van der Waals surface area contributed by atoms with E-state index in [0.29, 0.717) is 17.2 Å². The van der Waals surface area contributed by atoms with Crippen molar-refractivity contribution in [3.63, 3.8) is 0 Å². The number of ether oxygens (including phenoxy) is 2. The number of hydrogen-bond donors (Lipinski definition) is 0. The highest BCUT2D eigenvalue weighted by Gasteiger charge is 2.14. The molecule has 0 N–H and O–H groups in total. The Balaban J connectivity index is 2.55. The molecule has 0 saturated carbocycles. The fourth-order valence-electron chi connectivity index (χ4n) is 1.43. The molecule has 0 aliphatic carbocycles. The maximum atomic E-state index is 5.69. The number of halogens is 2. The molecule has 0 aliphatic rings. The first kappa shape index (κ1) is 12.3. The van der Waals surface area contributed by atoms with Gasteiger partial charge >= 0.3 is 0 Å². The molecule has 1 heterocycles. The van der Waals surface area contributed by atoms with Gasteiger partial charge in [0.1, 0.15) is 5.69 Å². The van der Waals surface area contributed by atoms with Gasteiger partial charge in [-0.05, 0) is 39.7 Å². The van der Waals surface area contributed by atoms with Crippen LogP contribution in [0.5, 0.6) is 11.5 Å². The molecule has 1 aromatic heterocycles. The average Bonchev–Trinajstić information content (AvgIpc) is 2.75. The van der Waals surface area contributed by atoms with Crippen molar-refractivity contribution in [2.75, 3.05) is 14.2 Å². The van der Waals surface area contributed by atoms with Crippen molar-refractivity contribution in [1.82, 2.24) is 5.16 Å². The number of hydrogen-bond acceptors (Lipinski definition) is 4. The van der Waals surface area contributed by atoms with Crippen molar-refractivity contribution >= 4 is 27.5 Å². The summed E-state index contributed by atoms with van der Waals surface area (Å²) in [6.07, 6.45) is 0. The van der Waals surface area contributed by atoms with E-state index in [-0.39, 0.29) is 5.22 Å². The number of nitrogens with zero attached hydrogens (tertiary/aromatic N) is 1. The van der Waals surface area contributed by atoms with Crippen LogP contribution >= 0.6 is 27.5 Å². The first-order valence-electron chi connectivity index (χ1n) is 4.70. The normalized spacial score (nSPS) is 10.4. The monoisotopic (exact) mass is 317 g/mol. The molecule has 0 unspecified atom stereocenters. The minimum Gasteiger partial charge on any atom is -0.493 e. The third-order valence-electron chi connectivity index (χ3n) is 2.23. The van der Waals surface area contributed by atoms with Gasteiger partial charge in [0.05, 0.1) is 14.2 Å². The Morgan fingerprint density at radius 1 is 1.18 bits per heavy atom. The van der Waals surface area contributed by atoms with Gasteiger partial charge in [-0.2, -0.15) is 0 Å². The largest absolute Gasteiger partial charge is 0.493 e. The number of benzene rings is 1. The van der Waals surface area contributed by atoms with Crippen LogP contribution in [0.25, 0.3) is 11.3 Å². The molecule has 1 aromatic carbocycles. The van der Waals surface area contributed by atoms with Gasteiger partial charge in [0.2, 0.25) is 5.22 Å². The SMILES string of the molecule is COc1cc(Br)c(-c2cc(Cl)on2)cc1OC. The summed E-state index contributed by atoms with van der Waals surface area (Å²) < 4.78 is 16.1. The zero-order valence-electron chi connectivity index (χ0n) is 9.16. The van der Waals surface area contributed by atoms with Crippen LogP contribution in [0.1, 0.15) is 0 Å². The standard InChI is InChI=1S/C11H9BrClNO3/c1-15-9-3-6(7(12)4-10(9)16-2)8-5-11(13)17-14-8/h3-5H,1-2H3. The van der Waals surface area contributed by atoms with E-state index in [0.717, 1.165) is 10.0 Å². The molecular formula is C11H9BrClNO3. The zero-order valence-corrected chi connectivity index (χ0v) is 11.5. The van der Waals surface area contributed by atoms with Crippen molar-refractivity contribution < 1.29 is 14.0 Å². The fourth-order valence-corrected chi connectivity index (χ4v) is 2.09. The van der Waals surface area contributed by atoms with Crippen LogP contribution in [0.3, 0.4) is 0 Å². The average molecular weight is 319 g/mol. The van der Waals surface area contributed by atoms with Crippen LogP contribution in [0.15, 0.2) is 27.2 Å². The quantitative estimate of drug-likeness (QED) is 0.864. The molecule has 17 heavy (non-hydrogen) atoms. The summed E-state index contributed by atoms with van der Waals surface area (Å²) in [7, 11) is 3.16. The minimum absolute atomic E-state index is 0.238. The summed E-state index contributed by atoms with van der Waals surface area (Å²) in [6, 6.07) is 5.24. The van der Waals surface area contributed by atoms with Gasteiger partial charge in [0, 0.05) is 16.1 Å². The smallest absolute Gasteiger partial charge is 0.226 e. The molecule has 0 spiro atoms. The summed E-state index contributed by atoms with van der Waals surface area (Å²) in [5.41, 5.74) is 1.45. The highest BCUT2D eigenvalue weighted by molar-refractivity contribution is 9.10. The van der Waals surface area contributed by atoms with E-state index in [1.165, 1.54) is 0 Å². The van der Waals surface area contributed by atoms with E-state index in [4.69, 9.17) is 25.6 Å². The molecule has 0 amide bonds. The van der Waals surface area contributed by atoms with Gasteiger partial charge < -0.3 is 14.0 Å². The summed E-state index contributed by atoms with van der Waals surface area (Å²) in [6.45, 7) is 0. The maximum absolute atomic E-state index is 5.69. The van der Waals surface area contributed by atoms with Crippen LogP contribution in [0.4, 0.5) is 0 Å². The van der Waals surface area contributed by atoms with Gasteiger partial charge in [-0.3, -0.25) is 0 Å². The highest BCUT2D eigenvalue weighted by atomic mass is 79.9. The van der Waals surface area contributed by atoms with Crippen LogP contribution in [-0.4, -0.2) is 19.4 Å². The number of aromatic nitrogens is 1. The Hall–Kier alpha value is -1.20. The second-order valence-electron chi connectivity index (χ2n) is 3.20. The fraction of sp³-hybridized carbons (Fsp3) is 0.182. The topological polar surface area (TPSA) is 44.5 Å². The van der Waals surface area contributed by atoms with E-state index >= 15 is 0 Å². The Bertz CT molecular complexity index is 542. The van der Waals surface area contributed by atoms with Crippen LogP contribution in [-0.2, 0) is 0 Å². The highest BCUT2D eigenvalue weighted by Crippen LogP contribution is 2.38. The molecule has 0 saturated heterocycles. The van der Waals surface area contributed by atoms with E-state index < -0.39 is 0 Å². The molecular weight excluding hydrogens is 309 g/mol. The van der Waals surface area contributed by atoms with Crippen LogP contribution in [0.2, 0.25) is 5.22 Å². The van der Waals surface area contributed by atoms with Gasteiger partial charge in [0.25, 0.3) is 0 Å². The predicted molar refractivity (Wildman–Crippen MR) is 67.8 cm³/mol. The Morgan fingerprint density at radius 2 is 1.82 bits per heavy atom. The third kappa shape index (κ3) is 2.40. The molecule has 6 heteroatoms. The second-order valence-corrected chi connectivity index (χ2v) is 4.43. The summed E-state index contributed by atoms with van der Waals surface area (Å²) in [5.74, 6) is 1.25. The van der Waals surface area contributed by atoms with E-state index in [1.807, 2.05) is 0 Å². The van der Waals surface area contributed by atoms with Crippen molar-refractivity contribution in [2.45, 2.75) is 0 Å². The summed E-state index contributed by atoms with van der Waals surface area (Å²) >= 11 is 9.13. The van der Waals surface area contributed by atoms with E-state index in [9.17, 15) is 0 Å². The van der Waals surface area contributed by atoms with Crippen LogP contribution in [0, 0.1) is 0 Å². The molecule has 2 rings (SSSR count). The van der Waals surface area contributed by atoms with Crippen molar-refractivity contribution in [1.29, 1.82) is 0 Å². The Labute approximate surface area is 112 Å². The number of methoxy groups -OCH3 is 2. The van der Waals surface area contributed by atoms with Gasteiger partial charge in [0.15, 0.2) is 11.5 Å². The molecule has 0 radical (unpaired) electrons. The van der Waals surface area contributed by atoms with Crippen LogP contribution < -0.4 is 9.47 Å². The first-order valence-corrected chi connectivity index (χ1v) is 5.87. The zero-order chi connectivity index (χ0) is 12.4. The van der Waals surface area contributed by atoms with E-state index in [1.54, 1.807) is 32.4 Å². The summed E-state index contributed by atoms with van der Waals surface area (Å²) in [4.78, 5) is 0. The molecule has 90 valence electrons. The first-order chi connectivity index (χ1) is 8.15. The molecule has 0 bridgehead atoms. The molecule has 0 fully saturated rings. The van der Waals surface area contributed by atoms with E-state index in [2.05, 4.69) is 21.1 Å². The molecule has 0 atom stereocenters. The lowest BCUT2D eigenvalue weighted by molar-refractivity contribution is 0.355. The van der Waals surface area contributed by atoms with Crippen molar-refractivity contribution in [3.8, 4) is 22.8 Å². The van der Waals surface area contributed by atoms with Crippen molar-refractivity contribution in [2.24, 2.45) is 0 Å². The summed E-state index contributed by atoms with van der Waals surface area (Å²) in [5, 5.41) is 4.08.